The molecule has 1 heterocycles. The van der Waals surface area contributed by atoms with Gasteiger partial charge in [0.1, 0.15) is 0 Å². The summed E-state index contributed by atoms with van der Waals surface area (Å²) in [6, 6.07) is 14.9. The van der Waals surface area contributed by atoms with Gasteiger partial charge in [0.2, 0.25) is 9.84 Å². The fourth-order valence-corrected chi connectivity index (χ4v) is 4.16. The highest BCUT2D eigenvalue weighted by atomic mass is 32.2. The minimum Gasteiger partial charge on any atom is -0.376 e. The van der Waals surface area contributed by atoms with E-state index in [9.17, 15) is 26.7 Å². The Kier molecular flexibility index (Phi) is 5.94. The number of benzene rings is 2. The van der Waals surface area contributed by atoms with Gasteiger partial charge in [0.15, 0.2) is 5.60 Å². The van der Waals surface area contributed by atoms with Crippen molar-refractivity contribution >= 4 is 9.84 Å². The SMILES string of the molecule is CC#Cc1cc([C@](C)(O)C(F)(F)F)cnc1-c1ccc(S(=O)(=O)c2ccccc2)cc1. The third-order valence-corrected chi connectivity index (χ3v) is 6.54. The molecule has 0 amide bonds. The Morgan fingerprint density at radius 3 is 2.10 bits per heavy atom. The normalized spacial score (nSPS) is 13.7. The lowest BCUT2D eigenvalue weighted by molar-refractivity contribution is -0.259. The number of rotatable bonds is 4. The molecule has 0 aliphatic rings. The fraction of sp³-hybridized carbons (Fsp3) is 0.174. The van der Waals surface area contributed by atoms with Crippen molar-refractivity contribution in [1.29, 1.82) is 0 Å². The monoisotopic (exact) mass is 445 g/mol. The largest absolute Gasteiger partial charge is 0.421 e. The highest BCUT2D eigenvalue weighted by Crippen LogP contribution is 2.39. The van der Waals surface area contributed by atoms with E-state index in [4.69, 9.17) is 0 Å². The van der Waals surface area contributed by atoms with Crippen LogP contribution >= 0.6 is 0 Å². The Bertz CT molecular complexity index is 1260. The molecule has 1 atom stereocenters. The zero-order valence-electron chi connectivity index (χ0n) is 16.6. The molecule has 1 aromatic heterocycles. The minimum absolute atomic E-state index is 0.0715. The molecule has 0 fully saturated rings. The van der Waals surface area contributed by atoms with Crippen LogP contribution < -0.4 is 0 Å². The van der Waals surface area contributed by atoms with Crippen molar-refractivity contribution in [2.24, 2.45) is 0 Å². The van der Waals surface area contributed by atoms with E-state index in [1.807, 2.05) is 0 Å². The van der Waals surface area contributed by atoms with Crippen LogP contribution in [0.25, 0.3) is 11.3 Å². The third-order valence-electron chi connectivity index (χ3n) is 4.75. The molecule has 0 radical (unpaired) electrons. The van der Waals surface area contributed by atoms with Gasteiger partial charge in [-0.25, -0.2) is 8.42 Å². The zero-order chi connectivity index (χ0) is 22.9. The van der Waals surface area contributed by atoms with Gasteiger partial charge in [-0.15, -0.1) is 5.92 Å². The Morgan fingerprint density at radius 1 is 0.968 bits per heavy atom. The van der Waals surface area contributed by atoms with E-state index in [1.165, 1.54) is 43.3 Å². The van der Waals surface area contributed by atoms with E-state index in [-0.39, 0.29) is 21.0 Å². The van der Waals surface area contributed by atoms with Crippen molar-refractivity contribution in [2.75, 3.05) is 0 Å². The van der Waals surface area contributed by atoms with Crippen LogP contribution in [0, 0.1) is 11.8 Å². The van der Waals surface area contributed by atoms with Crippen LogP contribution in [0.1, 0.15) is 25.0 Å². The third kappa shape index (κ3) is 4.33. The van der Waals surface area contributed by atoms with E-state index >= 15 is 0 Å². The second-order valence-electron chi connectivity index (χ2n) is 6.91. The highest BCUT2D eigenvalue weighted by Gasteiger charge is 2.51. The maximum atomic E-state index is 13.2. The summed E-state index contributed by atoms with van der Waals surface area (Å²) in [6.07, 6.45) is -3.95. The second kappa shape index (κ2) is 8.17. The standard InChI is InChI=1S/C23H18F3NO3S/c1-3-7-17-14-18(22(2,28)23(24,25)26)15-27-21(17)16-10-12-20(13-11-16)31(29,30)19-8-5-4-6-9-19/h4-6,8-15,28H,1-2H3/t22-/m0/s1. The summed E-state index contributed by atoms with van der Waals surface area (Å²) in [6.45, 7) is 2.17. The number of halogens is 3. The summed E-state index contributed by atoms with van der Waals surface area (Å²) in [5.74, 6) is 5.32. The van der Waals surface area contributed by atoms with Crippen LogP contribution in [-0.2, 0) is 15.4 Å². The predicted molar refractivity (Wildman–Crippen MR) is 110 cm³/mol. The summed E-state index contributed by atoms with van der Waals surface area (Å²) >= 11 is 0. The maximum absolute atomic E-state index is 13.2. The molecule has 1 N–H and O–H groups in total. The fourth-order valence-electron chi connectivity index (χ4n) is 2.88. The van der Waals surface area contributed by atoms with Gasteiger partial charge in [-0.1, -0.05) is 36.3 Å². The molecular formula is C23H18F3NO3S. The molecule has 160 valence electrons. The molecule has 8 heteroatoms. The summed E-state index contributed by atoms with van der Waals surface area (Å²) in [7, 11) is -3.71. The van der Waals surface area contributed by atoms with Gasteiger partial charge >= 0.3 is 6.18 Å². The summed E-state index contributed by atoms with van der Waals surface area (Å²) in [5, 5.41) is 9.93. The number of alkyl halides is 3. The Morgan fingerprint density at radius 2 is 1.55 bits per heavy atom. The molecule has 0 unspecified atom stereocenters. The van der Waals surface area contributed by atoms with Gasteiger partial charge in [-0.3, -0.25) is 4.98 Å². The lowest BCUT2D eigenvalue weighted by Gasteiger charge is -2.26. The zero-order valence-corrected chi connectivity index (χ0v) is 17.4. The number of sulfone groups is 1. The van der Waals surface area contributed by atoms with Crippen LogP contribution in [-0.4, -0.2) is 24.7 Å². The quantitative estimate of drug-likeness (QED) is 0.590. The van der Waals surface area contributed by atoms with Crippen molar-refractivity contribution in [3.8, 4) is 23.1 Å². The van der Waals surface area contributed by atoms with Gasteiger partial charge in [0, 0.05) is 17.3 Å². The molecule has 0 aliphatic carbocycles. The predicted octanol–water partition coefficient (Wildman–Crippen LogP) is 4.72. The summed E-state index contributed by atoms with van der Waals surface area (Å²) < 4.78 is 65.0. The average Bonchev–Trinajstić information content (AvgIpc) is 2.74. The van der Waals surface area contributed by atoms with Gasteiger partial charge in [0.25, 0.3) is 0 Å². The van der Waals surface area contributed by atoms with Crippen molar-refractivity contribution < 1.29 is 26.7 Å². The summed E-state index contributed by atoms with van der Waals surface area (Å²) in [5.41, 5.74) is -2.59. The molecule has 0 spiro atoms. The molecule has 0 saturated carbocycles. The first-order chi connectivity index (χ1) is 14.5. The molecule has 2 aromatic carbocycles. The van der Waals surface area contributed by atoms with Crippen molar-refractivity contribution in [3.05, 3.63) is 78.0 Å². The van der Waals surface area contributed by atoms with Crippen molar-refractivity contribution in [3.63, 3.8) is 0 Å². The first-order valence-corrected chi connectivity index (χ1v) is 10.6. The summed E-state index contributed by atoms with van der Waals surface area (Å²) in [4.78, 5) is 4.31. The van der Waals surface area contributed by atoms with Crippen molar-refractivity contribution in [2.45, 2.75) is 35.4 Å². The number of nitrogens with zero attached hydrogens (tertiary/aromatic N) is 1. The smallest absolute Gasteiger partial charge is 0.376 e. The molecule has 0 saturated heterocycles. The number of hydrogen-bond acceptors (Lipinski definition) is 4. The van der Waals surface area contributed by atoms with E-state index in [2.05, 4.69) is 16.8 Å². The molecular weight excluding hydrogens is 427 g/mol. The van der Waals surface area contributed by atoms with Gasteiger partial charge < -0.3 is 5.11 Å². The molecule has 3 aromatic rings. The number of pyridine rings is 1. The van der Waals surface area contributed by atoms with E-state index in [0.717, 1.165) is 12.3 Å². The van der Waals surface area contributed by atoms with Crippen LogP contribution in [0.5, 0.6) is 0 Å². The van der Waals surface area contributed by atoms with Crippen LogP contribution in [0.2, 0.25) is 0 Å². The molecule has 31 heavy (non-hydrogen) atoms. The lowest BCUT2D eigenvalue weighted by Crippen LogP contribution is -2.39. The first kappa shape index (κ1) is 22.5. The van der Waals surface area contributed by atoms with Crippen LogP contribution in [0.4, 0.5) is 13.2 Å². The van der Waals surface area contributed by atoms with Gasteiger partial charge in [0.05, 0.1) is 21.0 Å². The molecule has 4 nitrogen and oxygen atoms in total. The topological polar surface area (TPSA) is 67.3 Å². The van der Waals surface area contributed by atoms with Crippen LogP contribution in [0.15, 0.2) is 76.7 Å². The Balaban J connectivity index is 2.04. The molecule has 3 rings (SSSR count). The number of hydrogen-bond donors (Lipinski definition) is 1. The Hall–Kier alpha value is -3.15. The lowest BCUT2D eigenvalue weighted by atomic mass is 9.94. The number of aliphatic hydroxyl groups is 1. The molecule has 0 aliphatic heterocycles. The second-order valence-corrected chi connectivity index (χ2v) is 8.86. The van der Waals surface area contributed by atoms with Crippen LogP contribution in [0.3, 0.4) is 0 Å². The van der Waals surface area contributed by atoms with E-state index < -0.39 is 27.2 Å². The Labute approximate surface area is 178 Å². The van der Waals surface area contributed by atoms with Crippen molar-refractivity contribution in [1.82, 2.24) is 4.98 Å². The van der Waals surface area contributed by atoms with Gasteiger partial charge in [-0.2, -0.15) is 13.2 Å². The van der Waals surface area contributed by atoms with Gasteiger partial charge in [-0.05, 0) is 44.2 Å². The average molecular weight is 445 g/mol. The van der Waals surface area contributed by atoms with E-state index in [0.29, 0.717) is 12.5 Å². The number of aromatic nitrogens is 1. The minimum atomic E-state index is -4.89. The highest BCUT2D eigenvalue weighted by molar-refractivity contribution is 7.91. The maximum Gasteiger partial charge on any atom is 0.421 e. The molecule has 0 bridgehead atoms. The van der Waals surface area contributed by atoms with E-state index in [1.54, 1.807) is 18.2 Å². The first-order valence-electron chi connectivity index (χ1n) is 9.11.